The van der Waals surface area contributed by atoms with E-state index in [1.807, 2.05) is 0 Å². The van der Waals surface area contributed by atoms with Crippen LogP contribution in [0.2, 0.25) is 0 Å². The quantitative estimate of drug-likeness (QED) is 0.708. The van der Waals surface area contributed by atoms with E-state index < -0.39 is 0 Å². The third-order valence-corrected chi connectivity index (χ3v) is 4.65. The Morgan fingerprint density at radius 3 is 2.67 bits per heavy atom. The van der Waals surface area contributed by atoms with Gasteiger partial charge >= 0.3 is 0 Å². The zero-order valence-corrected chi connectivity index (χ0v) is 10.7. The van der Waals surface area contributed by atoms with E-state index in [0.717, 1.165) is 17.9 Å². The zero-order valence-electron chi connectivity index (χ0n) is 10.7. The number of allylic oxidation sites excluding steroid dienone is 2. The average molecular weight is 237 g/mol. The Bertz CT molecular complexity index is 480. The summed E-state index contributed by atoms with van der Waals surface area (Å²) in [7, 11) is 0. The van der Waals surface area contributed by atoms with Crippen molar-refractivity contribution in [3.05, 3.63) is 47.5 Å². The molecule has 0 radical (unpaired) electrons. The topological polar surface area (TPSA) is 23.8 Å². The molecule has 1 aromatic rings. The molecule has 0 amide bonds. The number of nitriles is 1. The van der Waals surface area contributed by atoms with E-state index in [2.05, 4.69) is 42.5 Å². The molecule has 2 aliphatic carbocycles. The number of rotatable bonds is 1. The van der Waals surface area contributed by atoms with Gasteiger partial charge in [-0.3, -0.25) is 0 Å². The van der Waals surface area contributed by atoms with E-state index in [-0.39, 0.29) is 0 Å². The van der Waals surface area contributed by atoms with Crippen LogP contribution in [0.25, 0.3) is 0 Å². The molecule has 1 heteroatoms. The standard InChI is InChI=1S/C17H19N/c18-12-15-10-4-8-14-9-5-11-16(17(14)15)13-6-2-1-3-7-13/h1-3,6-7,10,14,16-17H,4-5,8-9,11H2. The highest BCUT2D eigenvalue weighted by molar-refractivity contribution is 5.33. The van der Waals surface area contributed by atoms with Gasteiger partial charge in [0.05, 0.1) is 6.07 Å². The van der Waals surface area contributed by atoms with E-state index >= 15 is 0 Å². The third-order valence-electron chi connectivity index (χ3n) is 4.65. The molecule has 2 aliphatic rings. The summed E-state index contributed by atoms with van der Waals surface area (Å²) in [6.07, 6.45) is 8.43. The predicted molar refractivity (Wildman–Crippen MR) is 72.9 cm³/mol. The highest BCUT2D eigenvalue weighted by Gasteiger charge is 2.37. The van der Waals surface area contributed by atoms with Gasteiger partial charge in [-0.15, -0.1) is 0 Å². The van der Waals surface area contributed by atoms with Crippen molar-refractivity contribution in [1.82, 2.24) is 0 Å². The number of nitrogens with zero attached hydrogens (tertiary/aromatic N) is 1. The Morgan fingerprint density at radius 1 is 1.06 bits per heavy atom. The van der Waals surface area contributed by atoms with Crippen LogP contribution in [-0.4, -0.2) is 0 Å². The highest BCUT2D eigenvalue weighted by atomic mass is 14.4. The average Bonchev–Trinajstić information content (AvgIpc) is 2.47. The van der Waals surface area contributed by atoms with Gasteiger partial charge in [-0.2, -0.15) is 5.26 Å². The lowest BCUT2D eigenvalue weighted by Gasteiger charge is -2.40. The predicted octanol–water partition coefficient (Wildman–Crippen LogP) is 4.43. The first-order valence-corrected chi connectivity index (χ1v) is 7.05. The molecule has 0 heterocycles. The van der Waals surface area contributed by atoms with Gasteiger partial charge in [0.1, 0.15) is 0 Å². The van der Waals surface area contributed by atoms with Gasteiger partial charge in [-0.1, -0.05) is 42.8 Å². The molecular formula is C17H19N. The van der Waals surface area contributed by atoms with Crippen LogP contribution in [0.1, 0.15) is 43.6 Å². The van der Waals surface area contributed by atoms with Crippen molar-refractivity contribution in [3.8, 4) is 6.07 Å². The Labute approximate surface area is 109 Å². The summed E-state index contributed by atoms with van der Waals surface area (Å²) in [5, 5.41) is 9.38. The van der Waals surface area contributed by atoms with E-state index in [0.29, 0.717) is 11.8 Å². The Morgan fingerprint density at radius 2 is 1.89 bits per heavy atom. The molecule has 1 saturated carbocycles. The minimum absolute atomic E-state index is 0.486. The van der Waals surface area contributed by atoms with Crippen molar-refractivity contribution >= 4 is 0 Å². The Hall–Kier alpha value is -1.55. The maximum atomic E-state index is 9.38. The van der Waals surface area contributed by atoms with Crippen LogP contribution >= 0.6 is 0 Å². The maximum Gasteiger partial charge on any atom is 0.0947 e. The lowest BCUT2D eigenvalue weighted by molar-refractivity contribution is 0.219. The Balaban J connectivity index is 1.96. The zero-order chi connectivity index (χ0) is 12.4. The largest absolute Gasteiger partial charge is 0.193 e. The van der Waals surface area contributed by atoms with Crippen LogP contribution in [0.5, 0.6) is 0 Å². The second-order valence-corrected chi connectivity index (χ2v) is 5.58. The lowest BCUT2D eigenvalue weighted by Crippen LogP contribution is -2.30. The normalized spacial score (nSPS) is 31.1. The van der Waals surface area contributed by atoms with Crippen molar-refractivity contribution in [2.75, 3.05) is 0 Å². The molecular weight excluding hydrogens is 218 g/mol. The molecule has 3 unspecified atom stereocenters. The number of benzene rings is 1. The summed E-state index contributed by atoms with van der Waals surface area (Å²) in [6.45, 7) is 0. The molecule has 1 fully saturated rings. The fraction of sp³-hybridized carbons (Fsp3) is 0.471. The van der Waals surface area contributed by atoms with Gasteiger partial charge in [-0.05, 0) is 43.1 Å². The molecule has 3 atom stereocenters. The third kappa shape index (κ3) is 1.97. The van der Waals surface area contributed by atoms with Crippen molar-refractivity contribution in [2.24, 2.45) is 11.8 Å². The van der Waals surface area contributed by atoms with Crippen LogP contribution in [0.15, 0.2) is 42.0 Å². The molecule has 0 aromatic heterocycles. The van der Waals surface area contributed by atoms with Gasteiger partial charge in [0.2, 0.25) is 0 Å². The summed E-state index contributed by atoms with van der Waals surface area (Å²) >= 11 is 0. The first-order valence-electron chi connectivity index (χ1n) is 7.05. The van der Waals surface area contributed by atoms with Crippen molar-refractivity contribution in [1.29, 1.82) is 5.26 Å². The monoisotopic (exact) mass is 237 g/mol. The highest BCUT2D eigenvalue weighted by Crippen LogP contribution is 2.48. The van der Waals surface area contributed by atoms with Gasteiger partial charge in [-0.25, -0.2) is 0 Å². The summed E-state index contributed by atoms with van der Waals surface area (Å²) in [5.74, 6) is 1.79. The summed E-state index contributed by atoms with van der Waals surface area (Å²) in [4.78, 5) is 0. The van der Waals surface area contributed by atoms with E-state index in [9.17, 15) is 5.26 Å². The molecule has 0 spiro atoms. The molecule has 1 nitrogen and oxygen atoms in total. The van der Waals surface area contributed by atoms with Crippen molar-refractivity contribution in [2.45, 2.75) is 38.0 Å². The number of hydrogen-bond acceptors (Lipinski definition) is 1. The van der Waals surface area contributed by atoms with Gasteiger partial charge < -0.3 is 0 Å². The molecule has 92 valence electrons. The second-order valence-electron chi connectivity index (χ2n) is 5.58. The molecule has 0 bridgehead atoms. The minimum atomic E-state index is 0.486. The first kappa shape index (κ1) is 11.5. The second kappa shape index (κ2) is 4.98. The fourth-order valence-electron chi connectivity index (χ4n) is 3.87. The molecule has 0 N–H and O–H groups in total. The van der Waals surface area contributed by atoms with Gasteiger partial charge in [0.25, 0.3) is 0 Å². The van der Waals surface area contributed by atoms with Gasteiger partial charge in [0.15, 0.2) is 0 Å². The van der Waals surface area contributed by atoms with Crippen LogP contribution in [0.3, 0.4) is 0 Å². The van der Waals surface area contributed by atoms with Crippen molar-refractivity contribution in [3.63, 3.8) is 0 Å². The smallest absolute Gasteiger partial charge is 0.0947 e. The summed E-state index contributed by atoms with van der Waals surface area (Å²) < 4.78 is 0. The molecule has 0 saturated heterocycles. The van der Waals surface area contributed by atoms with Gasteiger partial charge in [0, 0.05) is 11.5 Å². The summed E-state index contributed by atoms with van der Waals surface area (Å²) in [6, 6.07) is 13.2. The summed E-state index contributed by atoms with van der Waals surface area (Å²) in [5.41, 5.74) is 2.48. The van der Waals surface area contributed by atoms with Crippen LogP contribution in [0, 0.1) is 23.2 Å². The molecule has 0 aliphatic heterocycles. The van der Waals surface area contributed by atoms with Crippen LogP contribution < -0.4 is 0 Å². The molecule has 18 heavy (non-hydrogen) atoms. The van der Waals surface area contributed by atoms with E-state index in [4.69, 9.17) is 0 Å². The SMILES string of the molecule is N#CC1=CCCC2CCCC(c3ccccc3)C12. The van der Waals surface area contributed by atoms with E-state index in [1.165, 1.54) is 31.2 Å². The maximum absolute atomic E-state index is 9.38. The Kier molecular flexibility index (Phi) is 3.19. The minimum Gasteiger partial charge on any atom is -0.193 e. The van der Waals surface area contributed by atoms with Crippen LogP contribution in [0.4, 0.5) is 0 Å². The first-order chi connectivity index (χ1) is 8.90. The number of hydrogen-bond donors (Lipinski definition) is 0. The number of fused-ring (bicyclic) bond motifs is 1. The lowest BCUT2D eigenvalue weighted by atomic mass is 9.63. The van der Waals surface area contributed by atoms with Crippen LogP contribution in [-0.2, 0) is 0 Å². The molecule has 3 rings (SSSR count). The van der Waals surface area contributed by atoms with Crippen molar-refractivity contribution < 1.29 is 0 Å². The van der Waals surface area contributed by atoms with E-state index in [1.54, 1.807) is 0 Å². The molecule has 1 aromatic carbocycles. The fourth-order valence-corrected chi connectivity index (χ4v) is 3.87.